The van der Waals surface area contributed by atoms with E-state index in [0.717, 1.165) is 36.1 Å². The topological polar surface area (TPSA) is 86.7 Å². The Morgan fingerprint density at radius 2 is 1.78 bits per heavy atom. The molecule has 3 heterocycles. The second-order valence-corrected chi connectivity index (χ2v) is 9.47. The van der Waals surface area contributed by atoms with Crippen molar-refractivity contribution in [1.82, 2.24) is 14.6 Å². The van der Waals surface area contributed by atoms with Gasteiger partial charge in [-0.05, 0) is 49.7 Å². The molecule has 3 aromatic heterocycles. The first-order valence-electron chi connectivity index (χ1n) is 11.9. The summed E-state index contributed by atoms with van der Waals surface area (Å²) in [5.41, 5.74) is 2.08. The van der Waals surface area contributed by atoms with Gasteiger partial charge in [-0.1, -0.05) is 55.4 Å². The molecule has 0 radical (unpaired) electrons. The van der Waals surface area contributed by atoms with E-state index in [2.05, 4.69) is 17.0 Å². The van der Waals surface area contributed by atoms with Crippen molar-refractivity contribution in [2.45, 2.75) is 33.1 Å². The van der Waals surface area contributed by atoms with Crippen LogP contribution < -0.4 is 14.8 Å². The maximum absolute atomic E-state index is 12.9. The Labute approximate surface area is 211 Å². The molecule has 182 valence electrons. The lowest BCUT2D eigenvalue weighted by molar-refractivity contribution is 0.101. The number of unbranched alkanes of at least 4 members (excludes halogenated alkanes) is 2. The highest BCUT2D eigenvalue weighted by Gasteiger charge is 2.13. The van der Waals surface area contributed by atoms with E-state index in [-0.39, 0.29) is 11.3 Å². The smallest absolute Gasteiger partial charge is 0.291 e. The summed E-state index contributed by atoms with van der Waals surface area (Å²) in [4.78, 5) is 29.5. The summed E-state index contributed by atoms with van der Waals surface area (Å²) in [6.07, 6.45) is 5.05. The lowest BCUT2D eigenvalue weighted by Gasteiger charge is -2.05. The molecule has 2 aromatic carbocycles. The van der Waals surface area contributed by atoms with E-state index < -0.39 is 0 Å². The average Bonchev–Trinajstić information content (AvgIpc) is 3.60. The molecular formula is C28H25N3O4S. The minimum Gasteiger partial charge on any atom is -0.494 e. The molecule has 8 heteroatoms. The SMILES string of the molecule is CCCCCOc1ccc(-c2nc3s/c(=C\c4ccc(-c5ccc(C(C)=O)cc5)o4)c(=O)n3n2)cc1. The van der Waals surface area contributed by atoms with E-state index in [0.29, 0.717) is 39.0 Å². The minimum atomic E-state index is -0.242. The first kappa shape index (κ1) is 23.7. The molecule has 0 aliphatic rings. The molecule has 0 aliphatic carbocycles. The maximum atomic E-state index is 12.9. The molecular weight excluding hydrogens is 474 g/mol. The zero-order chi connectivity index (χ0) is 25.1. The van der Waals surface area contributed by atoms with Crippen LogP contribution in [0.4, 0.5) is 0 Å². The zero-order valence-corrected chi connectivity index (χ0v) is 20.9. The number of hydrogen-bond donors (Lipinski definition) is 0. The average molecular weight is 500 g/mol. The van der Waals surface area contributed by atoms with Crippen LogP contribution in [-0.4, -0.2) is 27.0 Å². The summed E-state index contributed by atoms with van der Waals surface area (Å²) >= 11 is 1.26. The molecule has 0 aliphatic heterocycles. The Morgan fingerprint density at radius 3 is 2.47 bits per heavy atom. The van der Waals surface area contributed by atoms with Crippen LogP contribution in [0.3, 0.4) is 0 Å². The van der Waals surface area contributed by atoms with Crippen molar-refractivity contribution in [3.63, 3.8) is 0 Å². The second-order valence-electron chi connectivity index (χ2n) is 8.46. The molecule has 0 bridgehead atoms. The van der Waals surface area contributed by atoms with E-state index in [1.54, 1.807) is 24.3 Å². The van der Waals surface area contributed by atoms with Gasteiger partial charge in [-0.3, -0.25) is 9.59 Å². The molecule has 0 fully saturated rings. The summed E-state index contributed by atoms with van der Waals surface area (Å²) in [6.45, 7) is 4.40. The molecule has 0 amide bonds. The van der Waals surface area contributed by atoms with Crippen molar-refractivity contribution in [3.8, 4) is 28.5 Å². The Kier molecular flexibility index (Phi) is 6.77. The second kappa shape index (κ2) is 10.3. The number of aromatic nitrogens is 3. The van der Waals surface area contributed by atoms with E-state index in [9.17, 15) is 9.59 Å². The van der Waals surface area contributed by atoms with Gasteiger partial charge >= 0.3 is 0 Å². The van der Waals surface area contributed by atoms with Crippen LogP contribution in [0.2, 0.25) is 0 Å². The number of thiazole rings is 1. The fourth-order valence-electron chi connectivity index (χ4n) is 3.78. The van der Waals surface area contributed by atoms with Gasteiger partial charge in [-0.2, -0.15) is 9.50 Å². The number of ketones is 1. The number of benzene rings is 2. The number of rotatable bonds is 9. The van der Waals surface area contributed by atoms with Crippen molar-refractivity contribution in [1.29, 1.82) is 0 Å². The van der Waals surface area contributed by atoms with Gasteiger partial charge in [0, 0.05) is 22.8 Å². The van der Waals surface area contributed by atoms with Gasteiger partial charge in [-0.25, -0.2) is 0 Å². The fourth-order valence-corrected chi connectivity index (χ4v) is 4.67. The van der Waals surface area contributed by atoms with Crippen molar-refractivity contribution < 1.29 is 13.9 Å². The molecule has 0 saturated carbocycles. The molecule has 0 saturated heterocycles. The number of furan rings is 1. The summed E-state index contributed by atoms with van der Waals surface area (Å²) in [7, 11) is 0. The molecule has 5 aromatic rings. The third kappa shape index (κ3) is 4.99. The van der Waals surface area contributed by atoms with Gasteiger partial charge in [0.1, 0.15) is 21.8 Å². The number of carbonyl (C=O) groups is 1. The number of hydrogen-bond acceptors (Lipinski definition) is 7. The highest BCUT2D eigenvalue weighted by molar-refractivity contribution is 7.15. The van der Waals surface area contributed by atoms with Crippen LogP contribution in [0.5, 0.6) is 5.75 Å². The first-order valence-corrected chi connectivity index (χ1v) is 12.7. The lowest BCUT2D eigenvalue weighted by atomic mass is 10.1. The quantitative estimate of drug-likeness (QED) is 0.199. The Bertz CT molecular complexity index is 1610. The normalized spacial score (nSPS) is 11.9. The number of nitrogens with zero attached hydrogens (tertiary/aromatic N) is 3. The highest BCUT2D eigenvalue weighted by atomic mass is 32.1. The first-order chi connectivity index (χ1) is 17.5. The van der Waals surface area contributed by atoms with Crippen LogP contribution in [0.15, 0.2) is 69.9 Å². The predicted octanol–water partition coefficient (Wildman–Crippen LogP) is 5.40. The molecule has 36 heavy (non-hydrogen) atoms. The van der Waals surface area contributed by atoms with E-state index in [1.165, 1.54) is 22.8 Å². The van der Waals surface area contributed by atoms with Crippen molar-refractivity contribution in [3.05, 3.63) is 86.9 Å². The largest absolute Gasteiger partial charge is 0.494 e. The van der Waals surface area contributed by atoms with Gasteiger partial charge in [0.2, 0.25) is 4.96 Å². The summed E-state index contributed by atoms with van der Waals surface area (Å²) in [5, 5.41) is 4.42. The van der Waals surface area contributed by atoms with E-state index >= 15 is 0 Å². The van der Waals surface area contributed by atoms with Gasteiger partial charge in [-0.15, -0.1) is 5.10 Å². The van der Waals surface area contributed by atoms with E-state index in [4.69, 9.17) is 9.15 Å². The number of Topliss-reactive ketones (excluding diaryl/α,β-unsaturated/α-hetero) is 1. The van der Waals surface area contributed by atoms with Gasteiger partial charge in [0.25, 0.3) is 5.56 Å². The molecule has 7 nitrogen and oxygen atoms in total. The molecule has 0 unspecified atom stereocenters. The molecule has 0 atom stereocenters. The van der Waals surface area contributed by atoms with Crippen LogP contribution in [-0.2, 0) is 0 Å². The molecule has 5 rings (SSSR count). The van der Waals surface area contributed by atoms with Crippen molar-refractivity contribution in [2.24, 2.45) is 0 Å². The van der Waals surface area contributed by atoms with Crippen LogP contribution in [0, 0.1) is 0 Å². The van der Waals surface area contributed by atoms with Crippen LogP contribution in [0.25, 0.3) is 33.7 Å². The lowest BCUT2D eigenvalue weighted by Crippen LogP contribution is -2.23. The number of carbonyl (C=O) groups excluding carboxylic acids is 1. The molecule has 0 N–H and O–H groups in total. The van der Waals surface area contributed by atoms with Gasteiger partial charge in [0.15, 0.2) is 11.6 Å². The van der Waals surface area contributed by atoms with Crippen LogP contribution >= 0.6 is 11.3 Å². The molecule has 0 spiro atoms. The summed E-state index contributed by atoms with van der Waals surface area (Å²) < 4.78 is 13.5. The Morgan fingerprint density at radius 1 is 1.03 bits per heavy atom. The monoisotopic (exact) mass is 499 g/mol. The number of ether oxygens (including phenoxy) is 1. The number of fused-ring (bicyclic) bond motifs is 1. The van der Waals surface area contributed by atoms with Gasteiger partial charge in [0.05, 0.1) is 6.61 Å². The van der Waals surface area contributed by atoms with E-state index in [1.807, 2.05) is 42.5 Å². The maximum Gasteiger partial charge on any atom is 0.291 e. The third-order valence-electron chi connectivity index (χ3n) is 5.79. The van der Waals surface area contributed by atoms with Gasteiger partial charge < -0.3 is 9.15 Å². The summed E-state index contributed by atoms with van der Waals surface area (Å²) in [5.74, 6) is 2.53. The Hall–Kier alpha value is -4.04. The van der Waals surface area contributed by atoms with Crippen molar-refractivity contribution >= 4 is 28.2 Å². The standard InChI is InChI=1S/C28H25N3O4S/c1-3-4-5-16-34-22-12-10-21(11-13-22)26-29-28-31(30-26)27(33)25(36-28)17-23-14-15-24(35-23)20-8-6-19(7-9-20)18(2)32/h6-15,17H,3-5,16H2,1-2H3/b25-17-. The zero-order valence-electron chi connectivity index (χ0n) is 20.1. The predicted molar refractivity (Wildman–Crippen MR) is 141 cm³/mol. The highest BCUT2D eigenvalue weighted by Crippen LogP contribution is 2.24. The van der Waals surface area contributed by atoms with Crippen LogP contribution in [0.1, 0.15) is 49.2 Å². The third-order valence-corrected chi connectivity index (χ3v) is 6.75. The summed E-state index contributed by atoms with van der Waals surface area (Å²) in [6, 6.07) is 18.5. The fraction of sp³-hybridized carbons (Fsp3) is 0.214. The van der Waals surface area contributed by atoms with Crippen molar-refractivity contribution in [2.75, 3.05) is 6.61 Å². The Balaban J connectivity index is 1.34. The minimum absolute atomic E-state index is 0.0151.